The van der Waals surface area contributed by atoms with E-state index in [9.17, 15) is 9.90 Å². The Morgan fingerprint density at radius 3 is 3.00 bits per heavy atom. The lowest BCUT2D eigenvalue weighted by Gasteiger charge is -2.21. The number of rotatable bonds is 4. The van der Waals surface area contributed by atoms with E-state index >= 15 is 0 Å². The molecule has 1 saturated heterocycles. The summed E-state index contributed by atoms with van der Waals surface area (Å²) in [5.74, 6) is 0. The number of unbranched alkanes of at least 4 members (excludes halogenated alkanes) is 1. The molecular formula is C10H18NO3. The quantitative estimate of drug-likeness (QED) is 0.650. The fourth-order valence-corrected chi connectivity index (χ4v) is 1.64. The Hall–Kier alpha value is -0.770. The highest BCUT2D eigenvalue weighted by Crippen LogP contribution is 2.17. The van der Waals surface area contributed by atoms with Gasteiger partial charge in [0, 0.05) is 6.54 Å². The smallest absolute Gasteiger partial charge is 0.410 e. The van der Waals surface area contributed by atoms with Gasteiger partial charge in [0.15, 0.2) is 0 Å². The van der Waals surface area contributed by atoms with Crippen LogP contribution in [0.15, 0.2) is 0 Å². The van der Waals surface area contributed by atoms with Gasteiger partial charge in [0.25, 0.3) is 0 Å². The monoisotopic (exact) mass is 200 g/mol. The van der Waals surface area contributed by atoms with Crippen molar-refractivity contribution >= 4 is 6.09 Å². The maximum absolute atomic E-state index is 11.5. The van der Waals surface area contributed by atoms with Crippen molar-refractivity contribution in [1.82, 2.24) is 4.90 Å². The number of likely N-dealkylation sites (tertiary alicyclic amines) is 1. The van der Waals surface area contributed by atoms with Crippen LogP contribution in [0.3, 0.4) is 0 Å². The molecule has 1 fully saturated rings. The minimum Gasteiger partial charge on any atom is -0.449 e. The van der Waals surface area contributed by atoms with E-state index in [2.05, 4.69) is 0 Å². The number of hydrogen-bond acceptors (Lipinski definition) is 2. The zero-order chi connectivity index (χ0) is 10.4. The van der Waals surface area contributed by atoms with Crippen LogP contribution in [0, 0.1) is 0 Å². The van der Waals surface area contributed by atoms with Crippen molar-refractivity contribution in [2.75, 3.05) is 19.8 Å². The number of ether oxygens (including phenoxy) is 1. The molecule has 1 aliphatic heterocycles. The molecule has 0 aromatic rings. The van der Waals surface area contributed by atoms with E-state index in [1.807, 2.05) is 6.92 Å². The van der Waals surface area contributed by atoms with Crippen LogP contribution in [0.25, 0.3) is 0 Å². The molecule has 0 spiro atoms. The van der Waals surface area contributed by atoms with Gasteiger partial charge < -0.3 is 9.64 Å². The van der Waals surface area contributed by atoms with Gasteiger partial charge in [-0.2, -0.15) is 0 Å². The number of carbonyl (C=O) groups is 1. The summed E-state index contributed by atoms with van der Waals surface area (Å²) in [5, 5.41) is 10.7. The van der Waals surface area contributed by atoms with Gasteiger partial charge in [0.05, 0.1) is 12.6 Å². The lowest BCUT2D eigenvalue weighted by atomic mass is 10.2. The molecule has 81 valence electrons. The van der Waals surface area contributed by atoms with Gasteiger partial charge in [0.1, 0.15) is 6.61 Å². The Labute approximate surface area is 84.8 Å². The van der Waals surface area contributed by atoms with Crippen LogP contribution in [0.2, 0.25) is 0 Å². The third kappa shape index (κ3) is 2.87. The van der Waals surface area contributed by atoms with Gasteiger partial charge in [-0.3, -0.25) is 0 Å². The molecule has 1 atom stereocenters. The normalized spacial score (nSPS) is 21.3. The Kier molecular flexibility index (Phi) is 4.73. The van der Waals surface area contributed by atoms with Crippen molar-refractivity contribution in [3.63, 3.8) is 0 Å². The zero-order valence-corrected chi connectivity index (χ0v) is 8.70. The predicted molar refractivity (Wildman–Crippen MR) is 51.5 cm³/mol. The highest BCUT2D eigenvalue weighted by atomic mass is 16.6. The predicted octanol–water partition coefficient (Wildman–Crippen LogP) is 1.82. The van der Waals surface area contributed by atoms with Gasteiger partial charge >= 0.3 is 6.09 Å². The molecule has 0 bridgehead atoms. The number of nitrogens with zero attached hydrogens (tertiary/aromatic N) is 1. The largest absolute Gasteiger partial charge is 0.449 e. The fourth-order valence-electron chi connectivity index (χ4n) is 1.64. The van der Waals surface area contributed by atoms with Gasteiger partial charge in [-0.1, -0.05) is 13.3 Å². The first-order chi connectivity index (χ1) is 6.79. The summed E-state index contributed by atoms with van der Waals surface area (Å²) < 4.78 is 5.05. The van der Waals surface area contributed by atoms with Crippen LogP contribution >= 0.6 is 0 Å². The van der Waals surface area contributed by atoms with E-state index < -0.39 is 0 Å². The second kappa shape index (κ2) is 5.86. The lowest BCUT2D eigenvalue weighted by molar-refractivity contribution is 0.0694. The zero-order valence-electron chi connectivity index (χ0n) is 8.70. The average molecular weight is 200 g/mol. The second-order valence-corrected chi connectivity index (χ2v) is 3.62. The molecule has 0 aromatic heterocycles. The summed E-state index contributed by atoms with van der Waals surface area (Å²) in [6.45, 7) is 2.99. The van der Waals surface area contributed by atoms with Gasteiger partial charge in [-0.05, 0) is 19.3 Å². The maximum Gasteiger partial charge on any atom is 0.410 e. The first-order valence-corrected chi connectivity index (χ1v) is 5.31. The van der Waals surface area contributed by atoms with E-state index in [-0.39, 0.29) is 18.7 Å². The molecule has 0 aliphatic carbocycles. The fraction of sp³-hybridized carbons (Fsp3) is 0.900. The van der Waals surface area contributed by atoms with Crippen molar-refractivity contribution in [3.8, 4) is 0 Å². The lowest BCUT2D eigenvalue weighted by Crippen LogP contribution is -2.37. The number of amides is 1. The molecule has 1 rings (SSSR count). The minimum atomic E-state index is -0.309. The van der Waals surface area contributed by atoms with E-state index in [1.54, 1.807) is 4.90 Å². The van der Waals surface area contributed by atoms with Gasteiger partial charge in [0.2, 0.25) is 0 Å². The van der Waals surface area contributed by atoms with E-state index in [0.29, 0.717) is 13.2 Å². The molecular weight excluding hydrogens is 182 g/mol. The molecule has 4 heteroatoms. The Morgan fingerprint density at radius 2 is 2.36 bits per heavy atom. The molecule has 1 heterocycles. The SMILES string of the molecule is CCCCOC(=O)N1CCC[C@@H]1C[O]. The summed E-state index contributed by atoms with van der Waals surface area (Å²) >= 11 is 0. The van der Waals surface area contributed by atoms with Crippen LogP contribution in [0.1, 0.15) is 32.6 Å². The standard InChI is InChI=1S/C10H18NO3/c1-2-3-7-14-10(13)11-6-4-5-9(11)8-12/h9H,2-8H2,1H3/t9-/m1/s1. The summed E-state index contributed by atoms with van der Waals surface area (Å²) in [6.07, 6.45) is 3.35. The Bertz CT molecular complexity index is 184. The van der Waals surface area contributed by atoms with Crippen LogP contribution in [0.5, 0.6) is 0 Å². The van der Waals surface area contributed by atoms with Crippen LogP contribution in [0.4, 0.5) is 4.79 Å². The van der Waals surface area contributed by atoms with Crippen LogP contribution in [-0.4, -0.2) is 36.8 Å². The maximum atomic E-state index is 11.5. The first-order valence-electron chi connectivity index (χ1n) is 5.31. The summed E-state index contributed by atoms with van der Waals surface area (Å²) in [4.78, 5) is 13.0. The molecule has 1 radical (unpaired) electrons. The molecule has 0 N–H and O–H groups in total. The molecule has 0 unspecified atom stereocenters. The van der Waals surface area contributed by atoms with Crippen molar-refractivity contribution in [3.05, 3.63) is 0 Å². The van der Waals surface area contributed by atoms with Gasteiger partial charge in [-0.15, -0.1) is 0 Å². The summed E-state index contributed by atoms with van der Waals surface area (Å²) in [6, 6.07) is -0.135. The van der Waals surface area contributed by atoms with Crippen molar-refractivity contribution in [2.45, 2.75) is 38.6 Å². The van der Waals surface area contributed by atoms with Crippen molar-refractivity contribution in [1.29, 1.82) is 0 Å². The third-order valence-electron chi connectivity index (χ3n) is 2.53. The molecule has 1 aliphatic rings. The highest BCUT2D eigenvalue weighted by Gasteiger charge is 2.29. The van der Waals surface area contributed by atoms with Crippen LogP contribution < -0.4 is 0 Å². The highest BCUT2D eigenvalue weighted by molar-refractivity contribution is 5.68. The average Bonchev–Trinajstić information content (AvgIpc) is 2.65. The van der Waals surface area contributed by atoms with Crippen molar-refractivity contribution < 1.29 is 14.6 Å². The first kappa shape index (κ1) is 11.3. The van der Waals surface area contributed by atoms with E-state index in [1.165, 1.54) is 0 Å². The molecule has 0 aromatic carbocycles. The second-order valence-electron chi connectivity index (χ2n) is 3.62. The molecule has 1 amide bonds. The van der Waals surface area contributed by atoms with Gasteiger partial charge in [-0.25, -0.2) is 9.90 Å². The van der Waals surface area contributed by atoms with Crippen LogP contribution in [-0.2, 0) is 9.84 Å². The van der Waals surface area contributed by atoms with Crippen molar-refractivity contribution in [2.24, 2.45) is 0 Å². The van der Waals surface area contributed by atoms with E-state index in [4.69, 9.17) is 4.74 Å². The molecule has 4 nitrogen and oxygen atoms in total. The Morgan fingerprint density at radius 1 is 1.57 bits per heavy atom. The van der Waals surface area contributed by atoms with E-state index in [0.717, 1.165) is 25.7 Å². The third-order valence-corrected chi connectivity index (χ3v) is 2.53. The minimum absolute atomic E-state index is 0.135. The number of carbonyl (C=O) groups excluding carboxylic acids is 1. The summed E-state index contributed by atoms with van der Waals surface area (Å²) in [5.41, 5.74) is 0. The molecule has 14 heavy (non-hydrogen) atoms. The topological polar surface area (TPSA) is 49.4 Å². The number of hydrogen-bond donors (Lipinski definition) is 0. The Balaban J connectivity index is 2.28. The summed E-state index contributed by atoms with van der Waals surface area (Å²) in [7, 11) is 0. The molecule has 0 saturated carbocycles.